The molecule has 18 heavy (non-hydrogen) atoms. The van der Waals surface area contributed by atoms with Crippen LogP contribution in [0.25, 0.3) is 10.8 Å². The van der Waals surface area contributed by atoms with Gasteiger partial charge in [-0.05, 0) is 6.07 Å². The van der Waals surface area contributed by atoms with Crippen molar-refractivity contribution in [1.29, 1.82) is 5.26 Å². The quantitative estimate of drug-likeness (QED) is 0.841. The Kier molecular flexibility index (Phi) is 3.06. The number of hydrogen-bond donors (Lipinski definition) is 1. The van der Waals surface area contributed by atoms with Crippen LogP contribution in [0.5, 0.6) is 0 Å². The molecule has 0 saturated heterocycles. The number of primary amides is 1. The molecule has 6 heteroatoms. The van der Waals surface area contributed by atoms with Crippen molar-refractivity contribution >= 4 is 16.7 Å². The highest BCUT2D eigenvalue weighted by Crippen LogP contribution is 2.12. The van der Waals surface area contributed by atoms with E-state index in [0.29, 0.717) is 10.8 Å². The van der Waals surface area contributed by atoms with Crippen molar-refractivity contribution in [3.8, 4) is 6.07 Å². The molecule has 0 radical (unpaired) electrons. The zero-order chi connectivity index (χ0) is 13.1. The molecular formula is C12H10N4O2. The lowest BCUT2D eigenvalue weighted by Crippen LogP contribution is -2.27. The number of nitriles is 1. The molecule has 0 bridgehead atoms. The van der Waals surface area contributed by atoms with Crippen molar-refractivity contribution in [3.05, 3.63) is 40.3 Å². The van der Waals surface area contributed by atoms with Gasteiger partial charge in [0.15, 0.2) is 5.69 Å². The first kappa shape index (κ1) is 11.8. The molecule has 0 aliphatic carbocycles. The molecule has 0 atom stereocenters. The second-order valence-electron chi connectivity index (χ2n) is 3.69. The highest BCUT2D eigenvalue weighted by Gasteiger charge is 2.13. The van der Waals surface area contributed by atoms with Crippen LogP contribution >= 0.6 is 0 Å². The molecule has 0 unspecified atom stereocenters. The predicted octanol–water partition coefficient (Wildman–Crippen LogP) is 0.409. The van der Waals surface area contributed by atoms with Crippen LogP contribution in [0.3, 0.4) is 0 Å². The van der Waals surface area contributed by atoms with Crippen LogP contribution in [0, 0.1) is 11.3 Å². The Bertz CT molecular complexity index is 712. The van der Waals surface area contributed by atoms with Gasteiger partial charge in [0.25, 0.3) is 11.5 Å². The first-order valence-electron chi connectivity index (χ1n) is 5.31. The molecule has 6 nitrogen and oxygen atoms in total. The van der Waals surface area contributed by atoms with Crippen molar-refractivity contribution < 1.29 is 4.79 Å². The summed E-state index contributed by atoms with van der Waals surface area (Å²) < 4.78 is 1.10. The summed E-state index contributed by atoms with van der Waals surface area (Å²) in [5, 5.41) is 13.2. The number of hydrogen-bond acceptors (Lipinski definition) is 4. The van der Waals surface area contributed by atoms with E-state index >= 15 is 0 Å². The number of aryl methyl sites for hydroxylation is 1. The highest BCUT2D eigenvalue weighted by atomic mass is 16.1. The van der Waals surface area contributed by atoms with E-state index < -0.39 is 5.91 Å². The van der Waals surface area contributed by atoms with Gasteiger partial charge in [-0.15, -0.1) is 0 Å². The van der Waals surface area contributed by atoms with E-state index in [2.05, 4.69) is 5.10 Å². The summed E-state index contributed by atoms with van der Waals surface area (Å²) in [5.41, 5.74) is 4.96. The SMILES string of the molecule is N#CCCn1nc(C(N)=O)c2ccccc2c1=O. The Balaban J connectivity index is 2.76. The molecule has 1 amide bonds. The Morgan fingerprint density at radius 3 is 2.67 bits per heavy atom. The van der Waals surface area contributed by atoms with E-state index in [1.54, 1.807) is 24.3 Å². The number of aromatic nitrogens is 2. The van der Waals surface area contributed by atoms with Crippen molar-refractivity contribution in [2.45, 2.75) is 13.0 Å². The summed E-state index contributed by atoms with van der Waals surface area (Å²) in [6, 6.07) is 8.55. The number of amides is 1. The third kappa shape index (κ3) is 1.94. The van der Waals surface area contributed by atoms with Crippen LogP contribution in [0.15, 0.2) is 29.1 Å². The highest BCUT2D eigenvalue weighted by molar-refractivity contribution is 6.03. The van der Waals surface area contributed by atoms with E-state index in [4.69, 9.17) is 11.0 Å². The lowest BCUT2D eigenvalue weighted by Gasteiger charge is -2.07. The molecule has 2 aromatic rings. The molecule has 1 aromatic heterocycles. The minimum Gasteiger partial charge on any atom is -0.364 e. The molecular weight excluding hydrogens is 232 g/mol. The van der Waals surface area contributed by atoms with Gasteiger partial charge < -0.3 is 5.73 Å². The number of nitrogens with two attached hydrogens (primary N) is 1. The van der Waals surface area contributed by atoms with Crippen molar-refractivity contribution in [1.82, 2.24) is 9.78 Å². The third-order valence-corrected chi connectivity index (χ3v) is 2.54. The normalized spacial score (nSPS) is 10.2. The molecule has 0 aliphatic rings. The van der Waals surface area contributed by atoms with Crippen molar-refractivity contribution in [2.24, 2.45) is 5.73 Å². The van der Waals surface area contributed by atoms with Crippen LogP contribution < -0.4 is 11.3 Å². The summed E-state index contributed by atoms with van der Waals surface area (Å²) in [4.78, 5) is 23.4. The summed E-state index contributed by atoms with van der Waals surface area (Å²) in [5.74, 6) is -0.697. The lowest BCUT2D eigenvalue weighted by molar-refractivity contribution is 0.0995. The standard InChI is InChI=1S/C12H10N4O2/c13-6-3-7-16-12(18)9-5-2-1-4-8(9)10(15-16)11(14)17/h1-2,4-5H,3,7H2,(H2,14,17). The fourth-order valence-corrected chi connectivity index (χ4v) is 1.72. The Morgan fingerprint density at radius 1 is 1.39 bits per heavy atom. The molecule has 0 aliphatic heterocycles. The Morgan fingerprint density at radius 2 is 2.06 bits per heavy atom. The zero-order valence-electron chi connectivity index (χ0n) is 9.46. The van der Waals surface area contributed by atoms with Gasteiger partial charge in [0.1, 0.15) is 0 Å². The summed E-state index contributed by atoms with van der Waals surface area (Å²) in [7, 11) is 0. The van der Waals surface area contributed by atoms with E-state index in [-0.39, 0.29) is 24.2 Å². The van der Waals surface area contributed by atoms with Crippen molar-refractivity contribution in [3.63, 3.8) is 0 Å². The number of benzene rings is 1. The van der Waals surface area contributed by atoms with E-state index in [9.17, 15) is 9.59 Å². The third-order valence-electron chi connectivity index (χ3n) is 2.54. The Labute approximate surface area is 102 Å². The van der Waals surface area contributed by atoms with Gasteiger partial charge in [-0.25, -0.2) is 4.68 Å². The molecule has 2 rings (SSSR count). The van der Waals surface area contributed by atoms with Crippen LogP contribution in [-0.2, 0) is 6.54 Å². The second-order valence-corrected chi connectivity index (χ2v) is 3.69. The van der Waals surface area contributed by atoms with Gasteiger partial charge >= 0.3 is 0 Å². The molecule has 0 fully saturated rings. The van der Waals surface area contributed by atoms with E-state index in [0.717, 1.165) is 4.68 Å². The average Bonchev–Trinajstić information content (AvgIpc) is 2.38. The number of fused-ring (bicyclic) bond motifs is 1. The minimum absolute atomic E-state index is 0.0446. The maximum Gasteiger partial charge on any atom is 0.274 e. The van der Waals surface area contributed by atoms with Gasteiger partial charge in [-0.2, -0.15) is 10.4 Å². The van der Waals surface area contributed by atoms with Crippen LogP contribution in [-0.4, -0.2) is 15.7 Å². The maximum absolute atomic E-state index is 12.0. The van der Waals surface area contributed by atoms with Crippen molar-refractivity contribution in [2.75, 3.05) is 0 Å². The fraction of sp³-hybridized carbons (Fsp3) is 0.167. The summed E-state index contributed by atoms with van der Waals surface area (Å²) >= 11 is 0. The van der Waals surface area contributed by atoms with Crippen LogP contribution in [0.2, 0.25) is 0 Å². The topological polar surface area (TPSA) is 102 Å². The average molecular weight is 242 g/mol. The minimum atomic E-state index is -0.697. The summed E-state index contributed by atoms with van der Waals surface area (Å²) in [6.45, 7) is 0.139. The Hall–Kier alpha value is -2.68. The van der Waals surface area contributed by atoms with Crippen LogP contribution in [0.4, 0.5) is 0 Å². The monoisotopic (exact) mass is 242 g/mol. The first-order valence-corrected chi connectivity index (χ1v) is 5.31. The molecule has 1 heterocycles. The number of carbonyl (C=O) groups excluding carboxylic acids is 1. The molecule has 2 N–H and O–H groups in total. The van der Waals surface area contributed by atoms with Crippen LogP contribution in [0.1, 0.15) is 16.9 Å². The number of carbonyl (C=O) groups is 1. The molecule has 90 valence electrons. The van der Waals surface area contributed by atoms with Gasteiger partial charge in [0.2, 0.25) is 0 Å². The predicted molar refractivity (Wildman–Crippen MR) is 64.8 cm³/mol. The van der Waals surface area contributed by atoms with Gasteiger partial charge in [-0.3, -0.25) is 9.59 Å². The maximum atomic E-state index is 12.0. The fourth-order valence-electron chi connectivity index (χ4n) is 1.72. The van der Waals surface area contributed by atoms with Gasteiger partial charge in [0, 0.05) is 5.39 Å². The van der Waals surface area contributed by atoms with E-state index in [1.165, 1.54) is 0 Å². The molecule has 0 spiro atoms. The lowest BCUT2D eigenvalue weighted by atomic mass is 10.1. The van der Waals surface area contributed by atoms with E-state index in [1.807, 2.05) is 6.07 Å². The first-order chi connectivity index (χ1) is 8.65. The number of nitrogens with zero attached hydrogens (tertiary/aromatic N) is 3. The molecule has 1 aromatic carbocycles. The number of rotatable bonds is 3. The molecule has 0 saturated carbocycles. The van der Waals surface area contributed by atoms with Gasteiger partial charge in [0.05, 0.1) is 24.4 Å². The smallest absolute Gasteiger partial charge is 0.274 e. The zero-order valence-corrected chi connectivity index (χ0v) is 9.46. The van der Waals surface area contributed by atoms with Gasteiger partial charge in [-0.1, -0.05) is 18.2 Å². The second kappa shape index (κ2) is 4.67. The summed E-state index contributed by atoms with van der Waals surface area (Å²) in [6.07, 6.45) is 0.142. The largest absolute Gasteiger partial charge is 0.364 e.